The van der Waals surface area contributed by atoms with Crippen molar-refractivity contribution < 1.29 is 5.48 Å². The molecule has 0 atom stereocenters. The van der Waals surface area contributed by atoms with Crippen LogP contribution in [0.5, 0.6) is 0 Å². The maximum absolute atomic E-state index is 9.21. The van der Waals surface area contributed by atoms with Crippen molar-refractivity contribution in [2.75, 3.05) is 0 Å². The Labute approximate surface area is 325 Å². The molecule has 10 aromatic rings. The zero-order valence-electron chi connectivity index (χ0n) is 33.6. The molecule has 0 unspecified atom stereocenters. The minimum absolute atomic E-state index is 0.0715. The third-order valence-electron chi connectivity index (χ3n) is 10.0. The summed E-state index contributed by atoms with van der Waals surface area (Å²) in [6, 6.07) is 60.0. The van der Waals surface area contributed by atoms with Gasteiger partial charge in [0.2, 0.25) is 0 Å². The van der Waals surface area contributed by atoms with Crippen molar-refractivity contribution in [3.05, 3.63) is 206 Å². The van der Waals surface area contributed by atoms with E-state index in [2.05, 4.69) is 54.6 Å². The van der Waals surface area contributed by atoms with Gasteiger partial charge in [-0.2, -0.15) is 0 Å². The topological polar surface area (TPSA) is 43.6 Å². The predicted octanol–water partition coefficient (Wildman–Crippen LogP) is 13.0. The summed E-state index contributed by atoms with van der Waals surface area (Å²) in [6.45, 7) is 0. The Balaban J connectivity index is 1.15. The van der Waals surface area contributed by atoms with E-state index < -0.39 is 0 Å². The number of benzene rings is 8. The molecule has 8 aromatic carbocycles. The lowest BCUT2D eigenvalue weighted by molar-refractivity contribution is 1.07. The highest BCUT2D eigenvalue weighted by molar-refractivity contribution is 6.14. The SMILES string of the molecule is [2H]c1c([2H])c([2H])c2c(c1[2H])c1cccc(-c3ccccc3-c3ccccc3)c1n2-c1ccc(-c2nc(-c3ccccc3)nc(-c3ccc(-c4ccccc4)cc3)n2)cc1. The Morgan fingerprint density at radius 1 is 0.345 bits per heavy atom. The minimum Gasteiger partial charge on any atom is -0.309 e. The second-order valence-electron chi connectivity index (χ2n) is 13.3. The summed E-state index contributed by atoms with van der Waals surface area (Å²) in [5.41, 5.74) is 10.7. The van der Waals surface area contributed by atoms with Crippen LogP contribution in [-0.2, 0) is 0 Å². The first-order chi connectivity index (χ1) is 28.9. The highest BCUT2D eigenvalue weighted by atomic mass is 15.0. The van der Waals surface area contributed by atoms with Crippen molar-refractivity contribution >= 4 is 21.8 Å². The zero-order valence-corrected chi connectivity index (χ0v) is 29.6. The molecule has 0 bridgehead atoms. The van der Waals surface area contributed by atoms with Crippen molar-refractivity contribution in [2.45, 2.75) is 0 Å². The third-order valence-corrected chi connectivity index (χ3v) is 10.0. The van der Waals surface area contributed by atoms with Crippen LogP contribution in [0.3, 0.4) is 0 Å². The van der Waals surface area contributed by atoms with E-state index in [0.29, 0.717) is 28.4 Å². The molecule has 0 saturated carbocycles. The van der Waals surface area contributed by atoms with Crippen LogP contribution in [0.25, 0.3) is 95.0 Å². The van der Waals surface area contributed by atoms with E-state index in [1.165, 1.54) is 0 Å². The first kappa shape index (κ1) is 28.1. The zero-order chi connectivity index (χ0) is 40.0. The van der Waals surface area contributed by atoms with Crippen LogP contribution in [0.15, 0.2) is 206 Å². The van der Waals surface area contributed by atoms with Gasteiger partial charge in [-0.3, -0.25) is 0 Å². The van der Waals surface area contributed by atoms with Crippen LogP contribution in [0.1, 0.15) is 5.48 Å². The van der Waals surface area contributed by atoms with E-state index in [1.807, 2.05) is 132 Å². The fourth-order valence-corrected chi connectivity index (χ4v) is 7.38. The molecule has 55 heavy (non-hydrogen) atoms. The molecule has 258 valence electrons. The van der Waals surface area contributed by atoms with Gasteiger partial charge in [0.05, 0.1) is 16.5 Å². The summed E-state index contributed by atoms with van der Waals surface area (Å²) >= 11 is 0. The molecule has 2 aromatic heterocycles. The molecule has 4 heteroatoms. The van der Waals surface area contributed by atoms with Gasteiger partial charge in [-0.15, -0.1) is 0 Å². The van der Waals surface area contributed by atoms with E-state index in [4.69, 9.17) is 19.1 Å². The Hall–Kier alpha value is -7.43. The van der Waals surface area contributed by atoms with Gasteiger partial charge >= 0.3 is 0 Å². The normalized spacial score (nSPS) is 12.3. The largest absolute Gasteiger partial charge is 0.309 e. The van der Waals surface area contributed by atoms with Crippen molar-refractivity contribution in [1.82, 2.24) is 19.5 Å². The third kappa shape index (κ3) is 5.96. The molecule has 10 rings (SSSR count). The number of fused-ring (bicyclic) bond motifs is 3. The molecule has 0 aliphatic rings. The van der Waals surface area contributed by atoms with Crippen LogP contribution < -0.4 is 0 Å². The second-order valence-corrected chi connectivity index (χ2v) is 13.3. The monoisotopic (exact) mass is 706 g/mol. The summed E-state index contributed by atoms with van der Waals surface area (Å²) in [5, 5.41) is 1.21. The van der Waals surface area contributed by atoms with Crippen LogP contribution in [-0.4, -0.2) is 19.5 Å². The van der Waals surface area contributed by atoms with Crippen LogP contribution >= 0.6 is 0 Å². The van der Waals surface area contributed by atoms with E-state index in [-0.39, 0.29) is 24.2 Å². The molecule has 0 spiro atoms. The lowest BCUT2D eigenvalue weighted by Gasteiger charge is -2.15. The number of hydrogen-bond acceptors (Lipinski definition) is 3. The summed E-state index contributed by atoms with van der Waals surface area (Å²) < 4.78 is 37.6. The molecular weight excluding hydrogens is 669 g/mol. The fraction of sp³-hybridized carbons (Fsp3) is 0. The Morgan fingerprint density at radius 3 is 1.44 bits per heavy atom. The summed E-state index contributed by atoms with van der Waals surface area (Å²) in [5.74, 6) is 1.62. The lowest BCUT2D eigenvalue weighted by atomic mass is 9.93. The van der Waals surface area contributed by atoms with E-state index in [9.17, 15) is 1.37 Å². The Morgan fingerprint density at radius 2 is 0.800 bits per heavy atom. The Bertz CT molecular complexity index is 3170. The van der Waals surface area contributed by atoms with Crippen LogP contribution in [0.4, 0.5) is 0 Å². The average molecular weight is 707 g/mol. The predicted molar refractivity (Wildman–Crippen MR) is 227 cm³/mol. The standard InChI is InChI=1S/C51H34N4/c1-4-15-35(16-5-1)36-27-29-39(30-28-36)50-52-49(38-19-8-3-9-20-38)53-51(54-50)40-31-33-41(34-32-40)55-47-26-13-12-23-44(47)46-25-14-24-45(48(46)55)43-22-11-10-21-42(43)37-17-6-2-7-18-37/h1-34H/i12D,13D,23D,26D. The number of para-hydroxylation sites is 2. The summed E-state index contributed by atoms with van der Waals surface area (Å²) in [6.07, 6.45) is 0. The smallest absolute Gasteiger partial charge is 0.164 e. The number of nitrogens with zero attached hydrogens (tertiary/aromatic N) is 4. The van der Waals surface area contributed by atoms with Gasteiger partial charge in [-0.1, -0.05) is 176 Å². The number of aromatic nitrogens is 4. The minimum atomic E-state index is -0.280. The lowest BCUT2D eigenvalue weighted by Crippen LogP contribution is -2.01. The molecule has 0 aliphatic heterocycles. The van der Waals surface area contributed by atoms with Crippen LogP contribution in [0, 0.1) is 0 Å². The molecule has 0 aliphatic carbocycles. The van der Waals surface area contributed by atoms with Crippen molar-refractivity contribution in [2.24, 2.45) is 0 Å². The van der Waals surface area contributed by atoms with Crippen LogP contribution in [0.2, 0.25) is 0 Å². The quantitative estimate of drug-likeness (QED) is 0.166. The van der Waals surface area contributed by atoms with Gasteiger partial charge in [0.25, 0.3) is 0 Å². The highest BCUT2D eigenvalue weighted by Crippen LogP contribution is 2.41. The van der Waals surface area contributed by atoms with Crippen molar-refractivity contribution in [1.29, 1.82) is 0 Å². The Kier molecular flexibility index (Phi) is 7.08. The van der Waals surface area contributed by atoms with Gasteiger partial charge in [0.15, 0.2) is 17.5 Å². The number of hydrogen-bond donors (Lipinski definition) is 0. The summed E-state index contributed by atoms with van der Waals surface area (Å²) in [4.78, 5) is 14.9. The molecule has 0 amide bonds. The van der Waals surface area contributed by atoms with E-state index in [0.717, 1.165) is 66.7 Å². The molecular formula is C51H34N4. The van der Waals surface area contributed by atoms with Crippen molar-refractivity contribution in [3.8, 4) is 73.2 Å². The van der Waals surface area contributed by atoms with Gasteiger partial charge < -0.3 is 4.57 Å². The molecule has 4 nitrogen and oxygen atoms in total. The first-order valence-electron chi connectivity index (χ1n) is 20.2. The maximum atomic E-state index is 9.21. The van der Waals surface area contributed by atoms with Gasteiger partial charge in [0.1, 0.15) is 0 Å². The average Bonchev–Trinajstić information content (AvgIpc) is 3.67. The van der Waals surface area contributed by atoms with Gasteiger partial charge in [-0.05, 0) is 58.1 Å². The molecule has 0 fully saturated rings. The van der Waals surface area contributed by atoms with E-state index in [1.54, 1.807) is 0 Å². The summed E-state index contributed by atoms with van der Waals surface area (Å²) in [7, 11) is 0. The van der Waals surface area contributed by atoms with E-state index >= 15 is 0 Å². The maximum Gasteiger partial charge on any atom is 0.164 e. The van der Waals surface area contributed by atoms with Crippen molar-refractivity contribution in [3.63, 3.8) is 0 Å². The molecule has 0 radical (unpaired) electrons. The molecule has 0 saturated heterocycles. The first-order valence-corrected chi connectivity index (χ1v) is 18.2. The fourth-order valence-electron chi connectivity index (χ4n) is 7.38. The van der Waals surface area contributed by atoms with Gasteiger partial charge in [0, 0.05) is 38.7 Å². The molecule has 2 heterocycles. The second kappa shape index (κ2) is 13.8. The number of rotatable bonds is 7. The van der Waals surface area contributed by atoms with Gasteiger partial charge in [-0.25, -0.2) is 15.0 Å². The highest BCUT2D eigenvalue weighted by Gasteiger charge is 2.19. The molecule has 0 N–H and O–H groups in total.